The van der Waals surface area contributed by atoms with Crippen molar-refractivity contribution >= 4 is 35.0 Å². The van der Waals surface area contributed by atoms with E-state index in [-0.39, 0.29) is 31.7 Å². The van der Waals surface area contributed by atoms with E-state index in [1.54, 1.807) is 36.4 Å². The van der Waals surface area contributed by atoms with E-state index in [1.165, 1.54) is 0 Å². The van der Waals surface area contributed by atoms with Crippen molar-refractivity contribution in [1.29, 1.82) is 0 Å². The van der Waals surface area contributed by atoms with E-state index in [0.717, 1.165) is 5.56 Å². The zero-order valence-electron chi connectivity index (χ0n) is 13.0. The van der Waals surface area contributed by atoms with E-state index < -0.39 is 0 Å². The van der Waals surface area contributed by atoms with E-state index >= 15 is 0 Å². The summed E-state index contributed by atoms with van der Waals surface area (Å²) in [4.78, 5) is 24.0. The van der Waals surface area contributed by atoms with Crippen molar-refractivity contribution in [2.24, 2.45) is 0 Å². The summed E-state index contributed by atoms with van der Waals surface area (Å²) in [7, 11) is 0. The van der Waals surface area contributed by atoms with Gasteiger partial charge >= 0.3 is 0 Å². The Morgan fingerprint density at radius 2 is 1.80 bits per heavy atom. The highest BCUT2D eigenvalue weighted by Gasteiger charge is 2.16. The minimum absolute atomic E-state index is 0.135. The maximum atomic E-state index is 12.1. The van der Waals surface area contributed by atoms with Crippen molar-refractivity contribution in [2.75, 3.05) is 13.3 Å². The summed E-state index contributed by atoms with van der Waals surface area (Å²) in [6, 6.07) is 9.86. The number of amides is 2. The molecule has 0 aliphatic carbocycles. The van der Waals surface area contributed by atoms with Crippen LogP contribution in [0.15, 0.2) is 36.4 Å². The van der Waals surface area contributed by atoms with E-state index in [9.17, 15) is 9.59 Å². The van der Waals surface area contributed by atoms with Crippen LogP contribution in [0.1, 0.15) is 15.9 Å². The number of nitrogens with one attached hydrogen (secondary N) is 2. The van der Waals surface area contributed by atoms with E-state index in [0.29, 0.717) is 27.1 Å². The predicted molar refractivity (Wildman–Crippen MR) is 93.2 cm³/mol. The Labute approximate surface area is 154 Å². The minimum Gasteiger partial charge on any atom is -0.454 e. The molecule has 8 heteroatoms. The first kappa shape index (κ1) is 17.4. The molecule has 130 valence electrons. The number of benzene rings is 2. The van der Waals surface area contributed by atoms with Crippen molar-refractivity contribution in [3.63, 3.8) is 0 Å². The van der Waals surface area contributed by atoms with Gasteiger partial charge in [-0.15, -0.1) is 0 Å². The lowest BCUT2D eigenvalue weighted by molar-refractivity contribution is -0.120. The zero-order chi connectivity index (χ0) is 17.8. The summed E-state index contributed by atoms with van der Waals surface area (Å²) in [5.41, 5.74) is 1.12. The number of halogens is 2. The van der Waals surface area contributed by atoms with Crippen LogP contribution in [0.2, 0.25) is 10.0 Å². The number of hydrogen-bond donors (Lipinski definition) is 2. The monoisotopic (exact) mass is 380 g/mol. The molecule has 1 heterocycles. The van der Waals surface area contributed by atoms with E-state index in [1.807, 2.05) is 0 Å². The summed E-state index contributed by atoms with van der Waals surface area (Å²) < 4.78 is 10.4. The Balaban J connectivity index is 1.49. The zero-order valence-corrected chi connectivity index (χ0v) is 14.5. The Hall–Kier alpha value is -2.44. The second kappa shape index (κ2) is 7.63. The Bertz CT molecular complexity index is 826. The van der Waals surface area contributed by atoms with Gasteiger partial charge in [0, 0.05) is 22.2 Å². The smallest absolute Gasteiger partial charge is 0.251 e. The highest BCUT2D eigenvalue weighted by Crippen LogP contribution is 2.32. The van der Waals surface area contributed by atoms with Crippen molar-refractivity contribution < 1.29 is 19.1 Å². The molecule has 1 aliphatic heterocycles. The fourth-order valence-electron chi connectivity index (χ4n) is 2.22. The third-order valence-corrected chi connectivity index (χ3v) is 4.12. The number of ether oxygens (including phenoxy) is 2. The molecule has 0 saturated carbocycles. The number of carbonyl (C=O) groups excluding carboxylic acids is 2. The highest BCUT2D eigenvalue weighted by molar-refractivity contribution is 6.35. The molecule has 0 radical (unpaired) electrons. The van der Waals surface area contributed by atoms with Crippen LogP contribution in [0.4, 0.5) is 0 Å². The normalized spacial score (nSPS) is 11.9. The van der Waals surface area contributed by atoms with Gasteiger partial charge in [-0.25, -0.2) is 0 Å². The van der Waals surface area contributed by atoms with Crippen LogP contribution in [0.3, 0.4) is 0 Å². The molecule has 2 amide bonds. The molecule has 2 N–H and O–H groups in total. The second-order valence-electron chi connectivity index (χ2n) is 5.26. The van der Waals surface area contributed by atoms with Gasteiger partial charge in [-0.3, -0.25) is 9.59 Å². The van der Waals surface area contributed by atoms with Gasteiger partial charge in [-0.1, -0.05) is 29.3 Å². The Kier molecular flexibility index (Phi) is 5.31. The molecule has 0 fully saturated rings. The largest absolute Gasteiger partial charge is 0.454 e. The third kappa shape index (κ3) is 4.35. The van der Waals surface area contributed by atoms with Gasteiger partial charge in [-0.2, -0.15) is 0 Å². The van der Waals surface area contributed by atoms with Gasteiger partial charge < -0.3 is 20.1 Å². The van der Waals surface area contributed by atoms with Crippen molar-refractivity contribution in [1.82, 2.24) is 10.6 Å². The van der Waals surface area contributed by atoms with Crippen LogP contribution in [0.25, 0.3) is 0 Å². The molecule has 6 nitrogen and oxygen atoms in total. The van der Waals surface area contributed by atoms with Crippen LogP contribution >= 0.6 is 23.2 Å². The van der Waals surface area contributed by atoms with Crippen molar-refractivity contribution in [3.05, 3.63) is 57.6 Å². The van der Waals surface area contributed by atoms with Gasteiger partial charge in [0.1, 0.15) is 0 Å². The summed E-state index contributed by atoms with van der Waals surface area (Å²) in [5.74, 6) is 0.390. The molecule has 2 aromatic rings. The topological polar surface area (TPSA) is 76.7 Å². The molecule has 0 unspecified atom stereocenters. The molecule has 0 atom stereocenters. The molecule has 1 aliphatic rings. The number of rotatable bonds is 5. The standard InChI is InChI=1S/C17H14Cl2N2O4/c18-12-3-1-11(13(19)6-12)7-20-16(22)8-21-17(23)10-2-4-14-15(5-10)25-9-24-14/h1-6H,7-9H2,(H,20,22)(H,21,23). The fraction of sp³-hybridized carbons (Fsp3) is 0.176. The van der Waals surface area contributed by atoms with Crippen LogP contribution in [0.5, 0.6) is 11.5 Å². The van der Waals surface area contributed by atoms with E-state index in [2.05, 4.69) is 10.6 Å². The summed E-state index contributed by atoms with van der Waals surface area (Å²) in [6.45, 7) is 0.225. The molecule has 0 aromatic heterocycles. The molecule has 0 saturated heterocycles. The maximum absolute atomic E-state index is 12.1. The molecule has 0 spiro atoms. The highest BCUT2D eigenvalue weighted by atomic mass is 35.5. The number of carbonyl (C=O) groups is 2. The van der Waals surface area contributed by atoms with Gasteiger partial charge in [0.05, 0.1) is 6.54 Å². The first-order chi connectivity index (χ1) is 12.0. The lowest BCUT2D eigenvalue weighted by Gasteiger charge is -2.09. The van der Waals surface area contributed by atoms with Crippen LogP contribution in [-0.2, 0) is 11.3 Å². The number of fused-ring (bicyclic) bond motifs is 1. The van der Waals surface area contributed by atoms with Gasteiger partial charge in [0.15, 0.2) is 11.5 Å². The van der Waals surface area contributed by atoms with Crippen molar-refractivity contribution in [3.8, 4) is 11.5 Å². The number of hydrogen-bond acceptors (Lipinski definition) is 4. The first-order valence-corrected chi connectivity index (χ1v) is 8.17. The molecular weight excluding hydrogens is 367 g/mol. The fourth-order valence-corrected chi connectivity index (χ4v) is 2.70. The van der Waals surface area contributed by atoms with Crippen LogP contribution < -0.4 is 20.1 Å². The molecule has 0 bridgehead atoms. The molecular formula is C17H14Cl2N2O4. The van der Waals surface area contributed by atoms with Crippen molar-refractivity contribution in [2.45, 2.75) is 6.54 Å². The van der Waals surface area contributed by atoms with Crippen LogP contribution in [0, 0.1) is 0 Å². The summed E-state index contributed by atoms with van der Waals surface area (Å²) in [5, 5.41) is 6.22. The van der Waals surface area contributed by atoms with Gasteiger partial charge in [-0.05, 0) is 35.9 Å². The SMILES string of the molecule is O=C(CNC(=O)c1ccc2c(c1)OCO2)NCc1ccc(Cl)cc1Cl. The predicted octanol–water partition coefficient (Wildman–Crippen LogP) is 2.77. The van der Waals surface area contributed by atoms with Gasteiger partial charge in [0.2, 0.25) is 12.7 Å². The third-order valence-electron chi connectivity index (χ3n) is 3.54. The first-order valence-electron chi connectivity index (χ1n) is 7.41. The molecule has 2 aromatic carbocycles. The van der Waals surface area contributed by atoms with E-state index in [4.69, 9.17) is 32.7 Å². The summed E-state index contributed by atoms with van der Waals surface area (Å²) in [6.07, 6.45) is 0. The Morgan fingerprint density at radius 3 is 2.60 bits per heavy atom. The lowest BCUT2D eigenvalue weighted by atomic mass is 10.2. The molecule has 3 rings (SSSR count). The molecule has 25 heavy (non-hydrogen) atoms. The van der Waals surface area contributed by atoms with Gasteiger partial charge in [0.25, 0.3) is 5.91 Å². The second-order valence-corrected chi connectivity index (χ2v) is 6.11. The quantitative estimate of drug-likeness (QED) is 0.835. The minimum atomic E-state index is -0.377. The summed E-state index contributed by atoms with van der Waals surface area (Å²) >= 11 is 11.9. The maximum Gasteiger partial charge on any atom is 0.251 e. The lowest BCUT2D eigenvalue weighted by Crippen LogP contribution is -2.36. The van der Waals surface area contributed by atoms with Crippen LogP contribution in [-0.4, -0.2) is 25.2 Å². The average molecular weight is 381 g/mol. The Morgan fingerprint density at radius 1 is 1.00 bits per heavy atom. The average Bonchev–Trinajstić information content (AvgIpc) is 3.06.